The minimum Gasteiger partial charge on any atom is -0.393 e. The van der Waals surface area contributed by atoms with Crippen LogP contribution < -0.4 is 0 Å². The lowest BCUT2D eigenvalue weighted by atomic mass is 9.33. The van der Waals surface area contributed by atoms with Crippen molar-refractivity contribution >= 4 is 0 Å². The van der Waals surface area contributed by atoms with Crippen LogP contribution in [0.5, 0.6) is 0 Å². The standard InChI is InChI=1S/C31H52O/c1-9-31-17-12-20(2)21(3)26(31)22-10-11-24-28(6)15-14-25(32)27(4,5)23(28)13-16-30(24,8)29(22,7)18-19-31/h10,20-21,23-26,32H,9,11-19H2,1-8H3/t20-,21+,23+,24-,25+,26+,28+,29-,30-,31-/m1/s1. The summed E-state index contributed by atoms with van der Waals surface area (Å²) in [5, 5.41) is 10.9. The van der Waals surface area contributed by atoms with E-state index in [0.29, 0.717) is 27.6 Å². The molecule has 0 unspecified atom stereocenters. The van der Waals surface area contributed by atoms with E-state index in [0.717, 1.165) is 30.1 Å². The fourth-order valence-corrected chi connectivity index (χ4v) is 11.2. The van der Waals surface area contributed by atoms with Gasteiger partial charge < -0.3 is 5.11 Å². The molecule has 182 valence electrons. The third kappa shape index (κ3) is 2.67. The van der Waals surface area contributed by atoms with Crippen LogP contribution in [0.1, 0.15) is 120 Å². The van der Waals surface area contributed by atoms with Crippen molar-refractivity contribution in [2.75, 3.05) is 0 Å². The van der Waals surface area contributed by atoms with E-state index in [1.165, 1.54) is 57.8 Å². The smallest absolute Gasteiger partial charge is 0.0594 e. The van der Waals surface area contributed by atoms with Gasteiger partial charge in [-0.15, -0.1) is 0 Å². The Hall–Kier alpha value is -0.300. The fourth-order valence-electron chi connectivity index (χ4n) is 11.2. The average Bonchev–Trinajstić information content (AvgIpc) is 2.74. The zero-order valence-corrected chi connectivity index (χ0v) is 22.6. The maximum atomic E-state index is 10.9. The van der Waals surface area contributed by atoms with Crippen LogP contribution in [0.15, 0.2) is 11.6 Å². The van der Waals surface area contributed by atoms with Crippen LogP contribution in [0, 0.1) is 56.7 Å². The number of aliphatic hydroxyl groups excluding tert-OH is 1. The summed E-state index contributed by atoms with van der Waals surface area (Å²) in [6.45, 7) is 20.4. The van der Waals surface area contributed by atoms with E-state index < -0.39 is 0 Å². The van der Waals surface area contributed by atoms with Crippen LogP contribution in [-0.2, 0) is 0 Å². The van der Waals surface area contributed by atoms with Crippen LogP contribution in [0.25, 0.3) is 0 Å². The molecular weight excluding hydrogens is 388 g/mol. The third-order valence-electron chi connectivity index (χ3n) is 13.8. The van der Waals surface area contributed by atoms with Crippen LogP contribution in [0.4, 0.5) is 0 Å². The molecule has 0 aromatic rings. The van der Waals surface area contributed by atoms with Gasteiger partial charge in [0, 0.05) is 0 Å². The molecular formula is C31H52O. The molecule has 0 aliphatic heterocycles. The first-order valence-corrected chi connectivity index (χ1v) is 14.3. The van der Waals surface area contributed by atoms with E-state index in [2.05, 4.69) is 61.5 Å². The summed E-state index contributed by atoms with van der Waals surface area (Å²) >= 11 is 0. The summed E-state index contributed by atoms with van der Waals surface area (Å²) in [7, 11) is 0. The van der Waals surface area contributed by atoms with Gasteiger partial charge in [0.2, 0.25) is 0 Å². The Kier molecular flexibility index (Phi) is 5.21. The molecule has 10 atom stereocenters. The topological polar surface area (TPSA) is 20.2 Å². The predicted molar refractivity (Wildman–Crippen MR) is 135 cm³/mol. The van der Waals surface area contributed by atoms with Gasteiger partial charge in [0.25, 0.3) is 0 Å². The zero-order valence-electron chi connectivity index (χ0n) is 22.6. The number of rotatable bonds is 1. The maximum absolute atomic E-state index is 10.9. The van der Waals surface area contributed by atoms with E-state index in [4.69, 9.17) is 0 Å². The highest BCUT2D eigenvalue weighted by Crippen LogP contribution is 2.76. The highest BCUT2D eigenvalue weighted by Gasteiger charge is 2.68. The first kappa shape index (κ1) is 23.4. The molecule has 5 aliphatic rings. The minimum atomic E-state index is -0.125. The summed E-state index contributed by atoms with van der Waals surface area (Å²) in [6.07, 6.45) is 16.0. The number of fused-ring (bicyclic) bond motifs is 7. The Bertz CT molecular complexity index is 794. The van der Waals surface area contributed by atoms with E-state index in [9.17, 15) is 5.11 Å². The monoisotopic (exact) mass is 440 g/mol. The Labute approximate surface area is 199 Å². The third-order valence-corrected chi connectivity index (χ3v) is 13.8. The molecule has 1 heteroatoms. The normalized spacial score (nSPS) is 56.8. The molecule has 0 spiro atoms. The van der Waals surface area contributed by atoms with Gasteiger partial charge >= 0.3 is 0 Å². The molecule has 0 amide bonds. The predicted octanol–water partition coefficient (Wildman–Crippen LogP) is 8.41. The molecule has 0 heterocycles. The lowest BCUT2D eigenvalue weighted by Crippen LogP contribution is -2.64. The molecule has 0 aromatic heterocycles. The van der Waals surface area contributed by atoms with Gasteiger partial charge in [0.1, 0.15) is 0 Å². The lowest BCUT2D eigenvalue weighted by molar-refractivity contribution is -0.204. The van der Waals surface area contributed by atoms with E-state index in [1.807, 2.05) is 5.57 Å². The highest BCUT2D eigenvalue weighted by molar-refractivity contribution is 5.34. The van der Waals surface area contributed by atoms with Gasteiger partial charge in [-0.25, -0.2) is 0 Å². The number of hydrogen-bond acceptors (Lipinski definition) is 1. The van der Waals surface area contributed by atoms with Gasteiger partial charge in [-0.3, -0.25) is 0 Å². The second-order valence-electron chi connectivity index (χ2n) is 14.7. The summed E-state index contributed by atoms with van der Waals surface area (Å²) in [4.78, 5) is 0. The minimum absolute atomic E-state index is 0.0521. The summed E-state index contributed by atoms with van der Waals surface area (Å²) in [6, 6.07) is 0. The van der Waals surface area contributed by atoms with Gasteiger partial charge in [0.05, 0.1) is 6.10 Å². The summed E-state index contributed by atoms with van der Waals surface area (Å²) in [5.74, 6) is 3.91. The van der Waals surface area contributed by atoms with Crippen molar-refractivity contribution in [3.63, 3.8) is 0 Å². The molecule has 4 fully saturated rings. The van der Waals surface area contributed by atoms with Crippen LogP contribution in [0.2, 0.25) is 0 Å². The van der Waals surface area contributed by atoms with Crippen molar-refractivity contribution < 1.29 is 5.11 Å². The Morgan fingerprint density at radius 1 is 0.875 bits per heavy atom. The van der Waals surface area contributed by atoms with Gasteiger partial charge in [-0.2, -0.15) is 0 Å². The van der Waals surface area contributed by atoms with Crippen LogP contribution in [0.3, 0.4) is 0 Å². The maximum Gasteiger partial charge on any atom is 0.0594 e. The van der Waals surface area contributed by atoms with Gasteiger partial charge in [-0.1, -0.05) is 67.0 Å². The molecule has 5 rings (SSSR count). The quantitative estimate of drug-likeness (QED) is 0.406. The molecule has 1 N–H and O–H groups in total. The Morgan fingerprint density at radius 3 is 2.28 bits per heavy atom. The van der Waals surface area contributed by atoms with Crippen molar-refractivity contribution in [1.82, 2.24) is 0 Å². The molecule has 0 saturated heterocycles. The van der Waals surface area contributed by atoms with E-state index >= 15 is 0 Å². The second-order valence-corrected chi connectivity index (χ2v) is 14.7. The Balaban J connectivity index is 1.59. The Morgan fingerprint density at radius 2 is 1.59 bits per heavy atom. The molecule has 0 aromatic carbocycles. The second kappa shape index (κ2) is 7.11. The van der Waals surface area contributed by atoms with E-state index in [-0.39, 0.29) is 11.5 Å². The zero-order chi connectivity index (χ0) is 23.3. The molecule has 1 nitrogen and oxygen atoms in total. The molecule has 0 bridgehead atoms. The van der Waals surface area contributed by atoms with Crippen molar-refractivity contribution in [2.45, 2.75) is 126 Å². The molecule has 5 aliphatic carbocycles. The van der Waals surface area contributed by atoms with Crippen molar-refractivity contribution in [3.8, 4) is 0 Å². The molecule has 0 radical (unpaired) electrons. The van der Waals surface area contributed by atoms with Crippen molar-refractivity contribution in [1.29, 1.82) is 0 Å². The average molecular weight is 441 g/mol. The van der Waals surface area contributed by atoms with Crippen molar-refractivity contribution in [2.24, 2.45) is 56.7 Å². The summed E-state index contributed by atoms with van der Waals surface area (Å²) < 4.78 is 0. The fraction of sp³-hybridized carbons (Fsp3) is 0.935. The number of aliphatic hydroxyl groups is 1. The number of allylic oxidation sites excluding steroid dienone is 2. The summed E-state index contributed by atoms with van der Waals surface area (Å²) in [5.41, 5.74) is 3.65. The highest BCUT2D eigenvalue weighted by atomic mass is 16.3. The largest absolute Gasteiger partial charge is 0.393 e. The van der Waals surface area contributed by atoms with Gasteiger partial charge in [-0.05, 0) is 121 Å². The van der Waals surface area contributed by atoms with Crippen LogP contribution >= 0.6 is 0 Å². The van der Waals surface area contributed by atoms with Crippen LogP contribution in [-0.4, -0.2) is 11.2 Å². The SMILES string of the molecule is CC[C@]12CC[C@@H](C)[C@H](C)[C@H]1C1=CC[C@@H]3[C@@]4(C)CC[C@H](O)C(C)(C)[C@@H]4CC[C@@]3(C)[C@]1(C)CC2. The number of hydrogen-bond donors (Lipinski definition) is 1. The van der Waals surface area contributed by atoms with E-state index in [1.54, 1.807) is 0 Å². The molecule has 4 saturated carbocycles. The first-order valence-electron chi connectivity index (χ1n) is 14.3. The molecule has 32 heavy (non-hydrogen) atoms. The van der Waals surface area contributed by atoms with Crippen molar-refractivity contribution in [3.05, 3.63) is 11.6 Å². The van der Waals surface area contributed by atoms with Gasteiger partial charge in [0.15, 0.2) is 0 Å². The lowest BCUT2D eigenvalue weighted by Gasteiger charge is -2.71. The first-order chi connectivity index (χ1) is 14.9.